The van der Waals surface area contributed by atoms with Crippen LogP contribution in [0, 0.1) is 7.14 Å². The molecule has 4 rings (SSSR count). The molecule has 4 nitrogen and oxygen atoms in total. The van der Waals surface area contributed by atoms with Gasteiger partial charge in [-0.15, -0.1) is 0 Å². The van der Waals surface area contributed by atoms with Crippen LogP contribution < -0.4 is 4.74 Å². The molecule has 0 heterocycles. The predicted octanol–water partition coefficient (Wildman–Crippen LogP) is 9.38. The molecular formula is C28H18F9IO4S. The zero-order chi connectivity index (χ0) is 31.7. The average molecular weight is 748 g/mol. The van der Waals surface area contributed by atoms with E-state index in [0.29, 0.717) is 16.9 Å². The normalized spacial score (nSPS) is 13.5. The van der Waals surface area contributed by atoms with Crippen LogP contribution >= 0.6 is 20.2 Å². The second-order valence-electron chi connectivity index (χ2n) is 8.67. The first kappa shape index (κ1) is 32.6. The Morgan fingerprint density at radius 1 is 0.512 bits per heavy atom. The van der Waals surface area contributed by atoms with E-state index >= 15 is 0 Å². The fraction of sp³-hybridized carbons (Fsp3) is 0.143. The SMILES string of the molecule is O=S(=O)(OI(c1ccc(Oc2ccccc2)cc1)c1ccc(-c2ccccc2)cc1)C(F)(F)C(F)(F)C(F)(F)C(F)(F)F. The molecule has 43 heavy (non-hydrogen) atoms. The Balaban J connectivity index is 1.74. The molecule has 0 radical (unpaired) electrons. The third kappa shape index (κ3) is 6.47. The quantitative estimate of drug-likeness (QED) is 0.120. The Kier molecular flexibility index (Phi) is 9.09. The van der Waals surface area contributed by atoms with Crippen molar-refractivity contribution in [3.8, 4) is 22.6 Å². The van der Waals surface area contributed by atoms with Crippen molar-refractivity contribution in [3.63, 3.8) is 0 Å². The van der Waals surface area contributed by atoms with Gasteiger partial charge in [-0.2, -0.15) is 0 Å². The number of benzene rings is 4. The molecule has 0 aliphatic rings. The Labute approximate surface area is 247 Å². The Hall–Kier alpha value is -3.31. The molecular weight excluding hydrogens is 730 g/mol. The fourth-order valence-electron chi connectivity index (χ4n) is 3.47. The van der Waals surface area contributed by atoms with E-state index in [-0.39, 0.29) is 12.9 Å². The van der Waals surface area contributed by atoms with Crippen molar-refractivity contribution in [1.82, 2.24) is 0 Å². The third-order valence-corrected chi connectivity index (χ3v) is 13.1. The molecule has 15 heteroatoms. The van der Waals surface area contributed by atoms with Crippen molar-refractivity contribution in [2.75, 3.05) is 0 Å². The van der Waals surface area contributed by atoms with Gasteiger partial charge < -0.3 is 0 Å². The summed E-state index contributed by atoms with van der Waals surface area (Å²) in [7, 11) is -7.10. The van der Waals surface area contributed by atoms with E-state index in [1.54, 1.807) is 60.7 Å². The molecule has 230 valence electrons. The molecule has 0 atom stereocenters. The molecule has 0 bridgehead atoms. The molecule has 4 aromatic carbocycles. The molecule has 0 aliphatic carbocycles. The van der Waals surface area contributed by atoms with Gasteiger partial charge in [-0.1, -0.05) is 0 Å². The van der Waals surface area contributed by atoms with Gasteiger partial charge in [0.05, 0.1) is 0 Å². The van der Waals surface area contributed by atoms with Crippen LogP contribution in [-0.2, 0) is 12.6 Å². The number of ether oxygens (including phenoxy) is 1. The molecule has 0 saturated heterocycles. The zero-order valence-electron chi connectivity index (χ0n) is 21.2. The molecule has 0 amide bonds. The van der Waals surface area contributed by atoms with Crippen molar-refractivity contribution in [2.45, 2.75) is 23.3 Å². The van der Waals surface area contributed by atoms with Gasteiger partial charge in [0.15, 0.2) is 0 Å². The summed E-state index contributed by atoms with van der Waals surface area (Å²) in [5, 5.41) is -6.98. The summed E-state index contributed by atoms with van der Waals surface area (Å²) in [5.74, 6) is -14.2. The summed E-state index contributed by atoms with van der Waals surface area (Å²) in [6, 6.07) is 27.3. The topological polar surface area (TPSA) is 52.6 Å². The predicted molar refractivity (Wildman–Crippen MR) is 147 cm³/mol. The van der Waals surface area contributed by atoms with E-state index < -0.39 is 53.6 Å². The molecule has 0 N–H and O–H groups in total. The van der Waals surface area contributed by atoms with Gasteiger partial charge in [-0.05, 0) is 0 Å². The van der Waals surface area contributed by atoms with Gasteiger partial charge in [0, 0.05) is 0 Å². The molecule has 4 aromatic rings. The van der Waals surface area contributed by atoms with Gasteiger partial charge in [0.1, 0.15) is 0 Å². The van der Waals surface area contributed by atoms with Crippen LogP contribution in [0.2, 0.25) is 0 Å². The first-order valence-electron chi connectivity index (χ1n) is 11.8. The number of hydrogen-bond donors (Lipinski definition) is 0. The van der Waals surface area contributed by atoms with E-state index in [1.807, 2.05) is 0 Å². The monoisotopic (exact) mass is 748 g/mol. The van der Waals surface area contributed by atoms with Crippen molar-refractivity contribution < 1.29 is 55.2 Å². The molecule has 0 saturated carbocycles. The number of rotatable bonds is 10. The van der Waals surface area contributed by atoms with Crippen molar-refractivity contribution in [2.24, 2.45) is 0 Å². The van der Waals surface area contributed by atoms with Crippen molar-refractivity contribution in [3.05, 3.63) is 116 Å². The van der Waals surface area contributed by atoms with Gasteiger partial charge >= 0.3 is 248 Å². The van der Waals surface area contributed by atoms with Gasteiger partial charge in [0.2, 0.25) is 0 Å². The molecule has 0 aromatic heterocycles. The van der Waals surface area contributed by atoms with Crippen LogP contribution in [-0.4, -0.2) is 31.7 Å². The number of hydrogen-bond acceptors (Lipinski definition) is 4. The summed E-state index contributed by atoms with van der Waals surface area (Å²) in [4.78, 5) is 0. The number of alkyl halides is 9. The Bertz CT molecular complexity index is 1630. The van der Waals surface area contributed by atoms with Crippen molar-refractivity contribution in [1.29, 1.82) is 0 Å². The van der Waals surface area contributed by atoms with Crippen LogP contribution in [0.5, 0.6) is 11.5 Å². The minimum absolute atomic E-state index is 0.0779. The van der Waals surface area contributed by atoms with Gasteiger partial charge in [0.25, 0.3) is 0 Å². The van der Waals surface area contributed by atoms with Crippen LogP contribution in [0.4, 0.5) is 39.5 Å². The number of para-hydroxylation sites is 1. The van der Waals surface area contributed by atoms with Crippen LogP contribution in [0.15, 0.2) is 109 Å². The van der Waals surface area contributed by atoms with Crippen LogP contribution in [0.3, 0.4) is 0 Å². The molecule has 0 unspecified atom stereocenters. The van der Waals surface area contributed by atoms with Crippen molar-refractivity contribution >= 4 is 30.4 Å². The summed E-state index contributed by atoms with van der Waals surface area (Å²) < 4.78 is 157. The third-order valence-electron chi connectivity index (χ3n) is 5.72. The van der Waals surface area contributed by atoms with Crippen LogP contribution in [0.1, 0.15) is 0 Å². The van der Waals surface area contributed by atoms with E-state index in [0.717, 1.165) is 0 Å². The van der Waals surface area contributed by atoms with Gasteiger partial charge in [-0.25, -0.2) is 0 Å². The molecule has 0 spiro atoms. The minimum atomic E-state index is -7.41. The first-order chi connectivity index (χ1) is 20.0. The Morgan fingerprint density at radius 3 is 1.42 bits per heavy atom. The molecule has 0 aliphatic heterocycles. The van der Waals surface area contributed by atoms with E-state index in [9.17, 15) is 47.9 Å². The van der Waals surface area contributed by atoms with E-state index in [1.165, 1.54) is 48.5 Å². The van der Waals surface area contributed by atoms with E-state index in [4.69, 9.17) is 4.74 Å². The summed E-state index contributed by atoms with van der Waals surface area (Å²) in [5.41, 5.74) is 1.28. The maximum absolute atomic E-state index is 14.6. The van der Waals surface area contributed by atoms with Crippen LogP contribution in [0.25, 0.3) is 11.1 Å². The fourth-order valence-corrected chi connectivity index (χ4v) is 10.4. The first-order valence-corrected chi connectivity index (χ1v) is 16.3. The second-order valence-corrected chi connectivity index (χ2v) is 15.2. The van der Waals surface area contributed by atoms with E-state index in [2.05, 4.69) is 2.51 Å². The summed E-state index contributed by atoms with van der Waals surface area (Å²) >= 11 is -4.29. The number of halogens is 10. The van der Waals surface area contributed by atoms with Gasteiger partial charge in [-0.3, -0.25) is 0 Å². The molecule has 0 fully saturated rings. The second kappa shape index (κ2) is 12.0. The zero-order valence-corrected chi connectivity index (χ0v) is 24.2. The Morgan fingerprint density at radius 2 is 0.930 bits per heavy atom. The summed E-state index contributed by atoms with van der Waals surface area (Å²) in [6.07, 6.45) is -7.20. The standard InChI is InChI=1S/C28H18F9IO4S/c29-25(30,27(33,34)35)26(31,32)28(36,37)43(39,40)42-38(21-13-11-20(12-14-21)19-7-3-1-4-8-19)22-15-17-24(18-16-22)41-23-9-5-2-6-10-23/h1-18H. The summed E-state index contributed by atoms with van der Waals surface area (Å²) in [6.45, 7) is 0. The average Bonchev–Trinajstić information content (AvgIpc) is 2.97. The maximum atomic E-state index is 14.6.